The van der Waals surface area contributed by atoms with Crippen LogP contribution >= 0.6 is 0 Å². The number of rotatable bonds is 8. The van der Waals surface area contributed by atoms with Crippen molar-refractivity contribution in [3.63, 3.8) is 0 Å². The highest BCUT2D eigenvalue weighted by atomic mass is 19.1. The van der Waals surface area contributed by atoms with Crippen LogP contribution in [0.5, 0.6) is 0 Å². The van der Waals surface area contributed by atoms with E-state index in [0.717, 1.165) is 37.3 Å². The Morgan fingerprint density at radius 2 is 1.70 bits per heavy atom. The van der Waals surface area contributed by atoms with E-state index in [4.69, 9.17) is 5.26 Å². The molecule has 0 radical (unpaired) electrons. The van der Waals surface area contributed by atoms with Gasteiger partial charge >= 0.3 is 0 Å². The fourth-order valence-corrected chi connectivity index (χ4v) is 2.05. The van der Waals surface area contributed by atoms with Gasteiger partial charge in [0.1, 0.15) is 5.69 Å². The molecular formula is C16H22F2N2. The third-order valence-corrected chi connectivity index (χ3v) is 3.18. The maximum Gasteiger partial charge on any atom is 0.150 e. The van der Waals surface area contributed by atoms with Gasteiger partial charge in [-0.15, -0.1) is 0 Å². The van der Waals surface area contributed by atoms with E-state index in [0.29, 0.717) is 6.54 Å². The maximum atomic E-state index is 13.6. The summed E-state index contributed by atoms with van der Waals surface area (Å²) in [6.07, 6.45) is 5.53. The second kappa shape index (κ2) is 8.52. The van der Waals surface area contributed by atoms with Crippen molar-refractivity contribution in [2.45, 2.75) is 46.0 Å². The number of unbranched alkanes of at least 4 members (excludes halogenated alkanes) is 3. The fourth-order valence-electron chi connectivity index (χ4n) is 2.05. The highest BCUT2D eigenvalue weighted by molar-refractivity contribution is 5.50. The smallest absolute Gasteiger partial charge is 0.150 e. The van der Waals surface area contributed by atoms with E-state index in [9.17, 15) is 8.78 Å². The van der Waals surface area contributed by atoms with Crippen molar-refractivity contribution < 1.29 is 8.78 Å². The lowest BCUT2D eigenvalue weighted by Crippen LogP contribution is -2.06. The molecule has 1 aromatic rings. The van der Waals surface area contributed by atoms with E-state index in [1.165, 1.54) is 12.8 Å². The molecule has 4 heteroatoms. The Morgan fingerprint density at radius 1 is 1.10 bits per heavy atom. The van der Waals surface area contributed by atoms with E-state index < -0.39 is 11.6 Å². The summed E-state index contributed by atoms with van der Waals surface area (Å²) in [5.74, 6) is -0.683. The molecule has 0 saturated carbocycles. The lowest BCUT2D eigenvalue weighted by atomic mass is 10.0. The number of hydrogen-bond acceptors (Lipinski definition) is 2. The fraction of sp³-hybridized carbons (Fsp3) is 0.562. The normalized spacial score (nSPS) is 10.6. The summed E-state index contributed by atoms with van der Waals surface area (Å²) >= 11 is 0. The summed E-state index contributed by atoms with van der Waals surface area (Å²) in [6.45, 7) is 4.96. The number of halogens is 2. The summed E-state index contributed by atoms with van der Waals surface area (Å²) in [4.78, 5) is 0. The number of benzene rings is 1. The number of nitrogens with one attached hydrogen (secondary N) is 1. The SMILES string of the molecule is CC(C)CCCCCCNc1c(F)cc(C#N)cc1F. The van der Waals surface area contributed by atoms with Crippen molar-refractivity contribution in [3.8, 4) is 6.07 Å². The van der Waals surface area contributed by atoms with Crippen LogP contribution in [-0.4, -0.2) is 6.54 Å². The molecule has 0 heterocycles. The topological polar surface area (TPSA) is 35.8 Å². The standard InChI is InChI=1S/C16H22F2N2/c1-12(2)7-5-3-4-6-8-20-16-14(17)9-13(11-19)10-15(16)18/h9-10,12,20H,3-8H2,1-2H3. The van der Waals surface area contributed by atoms with Gasteiger partial charge in [-0.25, -0.2) is 8.78 Å². The molecule has 0 atom stereocenters. The minimum absolute atomic E-state index is 0.000708. The van der Waals surface area contributed by atoms with E-state index >= 15 is 0 Å². The first-order valence-electron chi connectivity index (χ1n) is 7.17. The van der Waals surface area contributed by atoms with Gasteiger partial charge in [0.15, 0.2) is 11.6 Å². The predicted molar refractivity (Wildman–Crippen MR) is 77.5 cm³/mol. The molecule has 0 saturated heterocycles. The van der Waals surface area contributed by atoms with Gasteiger partial charge in [-0.1, -0.05) is 39.5 Å². The average Bonchev–Trinajstić information content (AvgIpc) is 2.39. The molecule has 0 aliphatic carbocycles. The van der Waals surface area contributed by atoms with Gasteiger partial charge < -0.3 is 5.32 Å². The molecule has 0 bridgehead atoms. The van der Waals surface area contributed by atoms with E-state index in [-0.39, 0.29) is 11.3 Å². The van der Waals surface area contributed by atoms with Crippen LogP contribution in [0.25, 0.3) is 0 Å². The zero-order chi connectivity index (χ0) is 15.0. The Hall–Kier alpha value is -1.63. The third-order valence-electron chi connectivity index (χ3n) is 3.18. The van der Waals surface area contributed by atoms with Gasteiger partial charge in [-0.3, -0.25) is 0 Å². The van der Waals surface area contributed by atoms with E-state index in [1.54, 1.807) is 6.07 Å². The molecule has 0 fully saturated rings. The van der Waals surface area contributed by atoms with Gasteiger partial charge in [0, 0.05) is 6.54 Å². The molecule has 20 heavy (non-hydrogen) atoms. The largest absolute Gasteiger partial charge is 0.380 e. The average molecular weight is 280 g/mol. The van der Waals surface area contributed by atoms with Crippen LogP contribution in [0.4, 0.5) is 14.5 Å². The first-order valence-corrected chi connectivity index (χ1v) is 7.17. The van der Waals surface area contributed by atoms with Crippen LogP contribution < -0.4 is 5.32 Å². The maximum absolute atomic E-state index is 13.6. The zero-order valence-electron chi connectivity index (χ0n) is 12.2. The molecule has 0 aliphatic rings. The van der Waals surface area contributed by atoms with Crippen molar-refractivity contribution in [2.24, 2.45) is 5.92 Å². The molecule has 1 aromatic carbocycles. The monoisotopic (exact) mass is 280 g/mol. The first-order chi connectivity index (χ1) is 9.54. The molecule has 0 unspecified atom stereocenters. The molecule has 1 N–H and O–H groups in total. The van der Waals surface area contributed by atoms with E-state index in [2.05, 4.69) is 19.2 Å². The van der Waals surface area contributed by atoms with Gasteiger partial charge in [0.05, 0.1) is 11.6 Å². The van der Waals surface area contributed by atoms with Crippen molar-refractivity contribution in [2.75, 3.05) is 11.9 Å². The Kier molecular flexibility index (Phi) is 7.00. The number of nitrogens with zero attached hydrogens (tertiary/aromatic N) is 1. The molecule has 0 spiro atoms. The molecule has 1 rings (SSSR count). The quantitative estimate of drug-likeness (QED) is 0.691. The second-order valence-corrected chi connectivity index (χ2v) is 5.45. The summed E-state index contributed by atoms with van der Waals surface area (Å²) in [5, 5.41) is 11.4. The van der Waals surface area contributed by atoms with Crippen LogP contribution in [0, 0.1) is 28.9 Å². The Bertz CT molecular complexity index is 441. The van der Waals surface area contributed by atoms with Crippen LogP contribution in [-0.2, 0) is 0 Å². The highest BCUT2D eigenvalue weighted by Gasteiger charge is 2.10. The lowest BCUT2D eigenvalue weighted by Gasteiger charge is -2.09. The van der Waals surface area contributed by atoms with Crippen LogP contribution in [0.1, 0.15) is 51.5 Å². The summed E-state index contributed by atoms with van der Waals surface area (Å²) in [6, 6.07) is 3.83. The second-order valence-electron chi connectivity index (χ2n) is 5.45. The summed E-state index contributed by atoms with van der Waals surface area (Å²) in [5.41, 5.74) is -0.134. The number of nitriles is 1. The predicted octanol–water partition coefficient (Wildman–Crippen LogP) is 4.85. The number of hydrogen-bond donors (Lipinski definition) is 1. The minimum Gasteiger partial charge on any atom is -0.380 e. The van der Waals surface area contributed by atoms with E-state index in [1.807, 2.05) is 0 Å². The van der Waals surface area contributed by atoms with Crippen LogP contribution in [0.3, 0.4) is 0 Å². The molecule has 2 nitrogen and oxygen atoms in total. The Labute approximate surface area is 119 Å². The van der Waals surface area contributed by atoms with Gasteiger partial charge in [-0.2, -0.15) is 5.26 Å². The zero-order valence-corrected chi connectivity index (χ0v) is 12.2. The molecule has 0 aliphatic heterocycles. The lowest BCUT2D eigenvalue weighted by molar-refractivity contribution is 0.522. The van der Waals surface area contributed by atoms with Crippen LogP contribution in [0.15, 0.2) is 12.1 Å². The van der Waals surface area contributed by atoms with Crippen LogP contribution in [0.2, 0.25) is 0 Å². The Morgan fingerprint density at radius 3 is 2.25 bits per heavy atom. The highest BCUT2D eigenvalue weighted by Crippen LogP contribution is 2.20. The minimum atomic E-state index is -0.707. The summed E-state index contributed by atoms with van der Waals surface area (Å²) in [7, 11) is 0. The molecule has 110 valence electrons. The molecule has 0 aromatic heterocycles. The third kappa shape index (κ3) is 5.56. The van der Waals surface area contributed by atoms with Gasteiger partial charge in [0.2, 0.25) is 0 Å². The van der Waals surface area contributed by atoms with Crippen molar-refractivity contribution >= 4 is 5.69 Å². The van der Waals surface area contributed by atoms with Gasteiger partial charge in [-0.05, 0) is 24.5 Å². The Balaban J connectivity index is 2.31. The molecular weight excluding hydrogens is 258 g/mol. The van der Waals surface area contributed by atoms with Crippen molar-refractivity contribution in [1.29, 1.82) is 5.26 Å². The van der Waals surface area contributed by atoms with Crippen molar-refractivity contribution in [3.05, 3.63) is 29.3 Å². The molecule has 0 amide bonds. The first kappa shape index (κ1) is 16.4. The van der Waals surface area contributed by atoms with Gasteiger partial charge in [0.25, 0.3) is 0 Å². The summed E-state index contributed by atoms with van der Waals surface area (Å²) < 4.78 is 27.1. The number of anilines is 1. The van der Waals surface area contributed by atoms with Crippen molar-refractivity contribution in [1.82, 2.24) is 0 Å².